The fourth-order valence-corrected chi connectivity index (χ4v) is 6.88. The number of halogens is 4. The number of hydrogen-bond donors (Lipinski definition) is 0. The maximum Gasteiger partial charge on any atom is 0.350 e. The first-order chi connectivity index (χ1) is 18.6. The Balaban J connectivity index is 1.64. The molecule has 3 aromatic rings. The lowest BCUT2D eigenvalue weighted by atomic mass is 9.79. The van der Waals surface area contributed by atoms with Gasteiger partial charge < -0.3 is 14.5 Å². The smallest absolute Gasteiger partial charge is 0.350 e. The Labute approximate surface area is 236 Å². The van der Waals surface area contributed by atoms with E-state index in [1.165, 1.54) is 6.07 Å². The molecule has 0 aliphatic carbocycles. The summed E-state index contributed by atoms with van der Waals surface area (Å²) < 4.78 is 37.6. The zero-order valence-electron chi connectivity index (χ0n) is 22.4. The molecule has 0 radical (unpaired) electrons. The third-order valence-corrected chi connectivity index (χ3v) is 9.47. The molecule has 2 atom stereocenters. The molecule has 4 heterocycles. The first-order valence-electron chi connectivity index (χ1n) is 13.6. The van der Waals surface area contributed by atoms with Gasteiger partial charge in [-0.2, -0.15) is 4.98 Å². The van der Waals surface area contributed by atoms with Crippen molar-refractivity contribution in [2.75, 3.05) is 38.2 Å². The Bertz CT molecular complexity index is 1520. The van der Waals surface area contributed by atoms with Crippen LogP contribution in [0.4, 0.5) is 14.6 Å². The van der Waals surface area contributed by atoms with Crippen LogP contribution in [-0.2, 0) is 6.54 Å². The van der Waals surface area contributed by atoms with E-state index in [4.69, 9.17) is 27.9 Å². The van der Waals surface area contributed by atoms with Gasteiger partial charge in [0, 0.05) is 47.1 Å². The molecule has 0 bridgehead atoms. The summed E-state index contributed by atoms with van der Waals surface area (Å²) in [5.41, 5.74) is 0.185. The lowest BCUT2D eigenvalue weighted by Gasteiger charge is -2.39. The molecular formula is C29H32Cl2F2N4O2. The number of rotatable bonds is 2. The van der Waals surface area contributed by atoms with Crippen LogP contribution in [0.5, 0.6) is 5.75 Å². The molecular weight excluding hydrogens is 545 g/mol. The molecule has 2 saturated heterocycles. The van der Waals surface area contributed by atoms with E-state index in [9.17, 15) is 9.18 Å². The quantitative estimate of drug-likeness (QED) is 0.331. The third kappa shape index (κ3) is 4.58. The summed E-state index contributed by atoms with van der Waals surface area (Å²) in [6, 6.07) is 3.91. The number of likely N-dealkylation sites (tertiary alicyclic amines) is 1. The van der Waals surface area contributed by atoms with Crippen molar-refractivity contribution in [2.45, 2.75) is 52.1 Å². The number of piperidine rings is 2. The number of hydrogen-bond acceptors (Lipinski definition) is 5. The van der Waals surface area contributed by atoms with Gasteiger partial charge in [-0.1, -0.05) is 30.1 Å². The van der Waals surface area contributed by atoms with Crippen LogP contribution in [0.25, 0.3) is 22.0 Å². The number of nitrogens with zero attached hydrogens (tertiary/aromatic N) is 4. The standard InChI is InChI=1S/C29H32Cl2F2N4O2/c1-16-4-5-17(2)36(13-16)27-19-11-21(31)24(18-10-20(30)23(33)12-22(18)32)26-25(19)37(28(38)34-27)14-29(15-39-26)6-8-35(3)9-7-29/h10-12,16-17H,4-9,13-15H2,1-3H3/t16-,17-/m0/s1. The van der Waals surface area contributed by atoms with Crippen LogP contribution >= 0.6 is 23.2 Å². The molecule has 1 spiro atoms. The van der Waals surface area contributed by atoms with Crippen LogP contribution in [0.2, 0.25) is 10.0 Å². The number of aromatic nitrogens is 2. The first-order valence-corrected chi connectivity index (χ1v) is 14.3. The van der Waals surface area contributed by atoms with E-state index in [2.05, 4.69) is 35.7 Å². The summed E-state index contributed by atoms with van der Waals surface area (Å²) in [6.07, 6.45) is 3.77. The topological polar surface area (TPSA) is 50.6 Å². The molecule has 3 aliphatic heterocycles. The zero-order valence-corrected chi connectivity index (χ0v) is 23.9. The van der Waals surface area contributed by atoms with Crippen LogP contribution in [0.15, 0.2) is 23.0 Å². The van der Waals surface area contributed by atoms with E-state index in [-0.39, 0.29) is 38.3 Å². The normalized spacial score (nSPS) is 23.2. The highest BCUT2D eigenvalue weighted by Gasteiger charge is 2.40. The van der Waals surface area contributed by atoms with Gasteiger partial charge in [-0.05, 0) is 70.8 Å². The molecule has 10 heteroatoms. The molecule has 2 fully saturated rings. The lowest BCUT2D eigenvalue weighted by Crippen LogP contribution is -2.45. The number of anilines is 1. The van der Waals surface area contributed by atoms with E-state index in [0.717, 1.165) is 51.4 Å². The van der Waals surface area contributed by atoms with Crippen LogP contribution in [-0.4, -0.2) is 53.8 Å². The molecule has 6 nitrogen and oxygen atoms in total. The summed E-state index contributed by atoms with van der Waals surface area (Å²) in [5.74, 6) is -0.338. The van der Waals surface area contributed by atoms with Gasteiger partial charge >= 0.3 is 5.69 Å². The molecule has 3 aliphatic rings. The second kappa shape index (κ2) is 9.89. The van der Waals surface area contributed by atoms with Gasteiger partial charge in [0.25, 0.3) is 0 Å². The Hall–Kier alpha value is -2.42. The van der Waals surface area contributed by atoms with Crippen molar-refractivity contribution < 1.29 is 13.5 Å². The summed E-state index contributed by atoms with van der Waals surface area (Å²) in [4.78, 5) is 22.9. The average molecular weight is 578 g/mol. The maximum absolute atomic E-state index is 15.3. The average Bonchev–Trinajstić information content (AvgIpc) is 3.06. The summed E-state index contributed by atoms with van der Waals surface area (Å²) in [6.45, 7) is 7.63. The second-order valence-electron chi connectivity index (χ2n) is 11.8. The van der Waals surface area contributed by atoms with E-state index in [1.807, 2.05) is 0 Å². The van der Waals surface area contributed by atoms with E-state index in [0.29, 0.717) is 41.5 Å². The van der Waals surface area contributed by atoms with Gasteiger partial charge in [-0.15, -0.1) is 0 Å². The predicted octanol–water partition coefficient (Wildman–Crippen LogP) is 6.38. The van der Waals surface area contributed by atoms with Crippen molar-refractivity contribution in [2.24, 2.45) is 11.3 Å². The minimum Gasteiger partial charge on any atom is -0.490 e. The summed E-state index contributed by atoms with van der Waals surface area (Å²) in [5, 5.41) is 0.696. The van der Waals surface area contributed by atoms with Crippen LogP contribution in [0, 0.1) is 23.0 Å². The highest BCUT2D eigenvalue weighted by molar-refractivity contribution is 6.35. The van der Waals surface area contributed by atoms with Gasteiger partial charge in [-0.3, -0.25) is 4.57 Å². The molecule has 208 valence electrons. The van der Waals surface area contributed by atoms with Crippen molar-refractivity contribution >= 4 is 39.9 Å². The Morgan fingerprint density at radius 2 is 1.79 bits per heavy atom. The van der Waals surface area contributed by atoms with Crippen molar-refractivity contribution in [1.82, 2.24) is 14.5 Å². The van der Waals surface area contributed by atoms with Gasteiger partial charge in [0.2, 0.25) is 0 Å². The van der Waals surface area contributed by atoms with Gasteiger partial charge in [-0.25, -0.2) is 13.6 Å². The minimum atomic E-state index is -0.858. The maximum atomic E-state index is 15.3. The number of ether oxygens (including phenoxy) is 1. The largest absolute Gasteiger partial charge is 0.490 e. The molecule has 1 aromatic heterocycles. The molecule has 39 heavy (non-hydrogen) atoms. The van der Waals surface area contributed by atoms with Crippen molar-refractivity contribution in [3.63, 3.8) is 0 Å². The zero-order chi connectivity index (χ0) is 27.6. The number of benzene rings is 2. The van der Waals surface area contributed by atoms with Crippen LogP contribution in [0.1, 0.15) is 39.5 Å². The Kier molecular flexibility index (Phi) is 6.79. The highest BCUT2D eigenvalue weighted by Crippen LogP contribution is 2.49. The molecule has 0 unspecified atom stereocenters. The fourth-order valence-electron chi connectivity index (χ4n) is 6.42. The Morgan fingerprint density at radius 3 is 2.54 bits per heavy atom. The Morgan fingerprint density at radius 1 is 1.05 bits per heavy atom. The van der Waals surface area contributed by atoms with E-state index >= 15 is 4.39 Å². The van der Waals surface area contributed by atoms with Crippen molar-refractivity contribution in [3.8, 4) is 16.9 Å². The molecule has 2 aromatic carbocycles. The van der Waals surface area contributed by atoms with E-state index < -0.39 is 11.6 Å². The lowest BCUT2D eigenvalue weighted by molar-refractivity contribution is 0.0551. The minimum absolute atomic E-state index is 0.0277. The second-order valence-corrected chi connectivity index (χ2v) is 12.6. The molecule has 0 saturated carbocycles. The van der Waals surface area contributed by atoms with Gasteiger partial charge in [0.05, 0.1) is 22.2 Å². The molecule has 6 rings (SSSR count). The van der Waals surface area contributed by atoms with Gasteiger partial charge in [0.15, 0.2) is 5.75 Å². The van der Waals surface area contributed by atoms with Crippen molar-refractivity contribution in [1.29, 1.82) is 0 Å². The van der Waals surface area contributed by atoms with Gasteiger partial charge in [0.1, 0.15) is 17.5 Å². The van der Waals surface area contributed by atoms with Crippen LogP contribution in [0.3, 0.4) is 0 Å². The molecule has 0 amide bonds. The first kappa shape index (κ1) is 26.8. The van der Waals surface area contributed by atoms with Crippen molar-refractivity contribution in [3.05, 3.63) is 50.4 Å². The van der Waals surface area contributed by atoms with Crippen LogP contribution < -0.4 is 15.3 Å². The molecule has 0 N–H and O–H groups in total. The third-order valence-electron chi connectivity index (χ3n) is 8.88. The summed E-state index contributed by atoms with van der Waals surface area (Å²) in [7, 11) is 2.08. The highest BCUT2D eigenvalue weighted by atomic mass is 35.5. The summed E-state index contributed by atoms with van der Waals surface area (Å²) >= 11 is 13.0. The predicted molar refractivity (Wildman–Crippen MR) is 151 cm³/mol. The van der Waals surface area contributed by atoms with E-state index in [1.54, 1.807) is 10.6 Å². The monoisotopic (exact) mass is 576 g/mol. The fraction of sp³-hybridized carbons (Fsp3) is 0.517. The SMILES string of the molecule is C[C@H]1CC[C@H](C)N(c2nc(=O)n3c4c(c(-c5cc(Cl)c(F)cc5F)c(Cl)cc24)OCC2(CCN(C)CC2)C3)C1.